The molecule has 0 unspecified atom stereocenters. The molecule has 0 saturated carbocycles. The Labute approximate surface area is 111 Å². The van der Waals surface area contributed by atoms with Crippen LogP contribution in [0, 0.1) is 0 Å². The van der Waals surface area contributed by atoms with Crippen molar-refractivity contribution in [3.63, 3.8) is 0 Å². The molecular weight excluding hydrogens is 228 g/mol. The fraction of sp³-hybridized carbons (Fsp3) is 0.929. The average molecular weight is 256 g/mol. The van der Waals surface area contributed by atoms with Crippen molar-refractivity contribution >= 4 is 6.09 Å². The molecule has 0 aromatic carbocycles. The number of likely N-dealkylation sites (tertiary alicyclic amines) is 1. The van der Waals surface area contributed by atoms with E-state index in [1.165, 1.54) is 6.42 Å². The summed E-state index contributed by atoms with van der Waals surface area (Å²) in [5.41, 5.74) is -0.416. The number of carbonyl (C=O) groups is 1. The molecule has 4 heteroatoms. The summed E-state index contributed by atoms with van der Waals surface area (Å²) in [6.07, 6.45) is 4.21. The fourth-order valence-corrected chi connectivity index (χ4v) is 2.59. The van der Waals surface area contributed by atoms with Gasteiger partial charge in [0, 0.05) is 12.6 Å². The summed E-state index contributed by atoms with van der Waals surface area (Å²) in [4.78, 5) is 14.2. The number of nitrogens with one attached hydrogen (secondary N) is 1. The lowest BCUT2D eigenvalue weighted by Crippen LogP contribution is -2.54. The molecule has 106 valence electrons. The van der Waals surface area contributed by atoms with Crippen LogP contribution in [0.2, 0.25) is 0 Å². The third-order valence-corrected chi connectivity index (χ3v) is 3.45. The smallest absolute Gasteiger partial charge is 0.410 e. The second-order valence-corrected chi connectivity index (χ2v) is 6.04. The van der Waals surface area contributed by atoms with E-state index in [4.69, 9.17) is 4.74 Å². The summed E-state index contributed by atoms with van der Waals surface area (Å²) in [6.45, 7) is 8.72. The summed E-state index contributed by atoms with van der Waals surface area (Å²) in [5, 5.41) is 3.32. The van der Waals surface area contributed by atoms with E-state index in [0.29, 0.717) is 6.04 Å². The zero-order valence-corrected chi connectivity index (χ0v) is 12.5. The fourth-order valence-electron chi connectivity index (χ4n) is 2.59. The summed E-state index contributed by atoms with van der Waals surface area (Å²) >= 11 is 0. The van der Waals surface area contributed by atoms with Crippen molar-refractivity contribution in [2.45, 2.75) is 71.1 Å². The first-order valence-electron chi connectivity index (χ1n) is 7.06. The van der Waals surface area contributed by atoms with Crippen molar-refractivity contribution in [2.24, 2.45) is 0 Å². The maximum atomic E-state index is 12.2. The van der Waals surface area contributed by atoms with Crippen LogP contribution in [0.25, 0.3) is 0 Å². The molecule has 1 saturated heterocycles. The number of ether oxygens (including phenoxy) is 1. The van der Waals surface area contributed by atoms with E-state index in [1.807, 2.05) is 32.7 Å². The number of carbonyl (C=O) groups excluding carboxylic acids is 1. The van der Waals surface area contributed by atoms with Gasteiger partial charge in [-0.25, -0.2) is 4.79 Å². The molecule has 18 heavy (non-hydrogen) atoms. The van der Waals surface area contributed by atoms with Crippen LogP contribution in [0.1, 0.15) is 53.4 Å². The molecule has 0 spiro atoms. The molecular formula is C14H28N2O2. The van der Waals surface area contributed by atoms with E-state index in [1.54, 1.807) is 0 Å². The topological polar surface area (TPSA) is 41.6 Å². The molecule has 1 aliphatic heterocycles. The van der Waals surface area contributed by atoms with Gasteiger partial charge in [-0.05, 0) is 53.5 Å². The highest BCUT2D eigenvalue weighted by atomic mass is 16.6. The number of rotatable bonds is 3. The molecule has 1 fully saturated rings. The van der Waals surface area contributed by atoms with Gasteiger partial charge in [0.05, 0.1) is 6.04 Å². The third-order valence-electron chi connectivity index (χ3n) is 3.45. The van der Waals surface area contributed by atoms with Gasteiger partial charge in [0.25, 0.3) is 0 Å². The van der Waals surface area contributed by atoms with Crippen LogP contribution in [0.5, 0.6) is 0 Å². The minimum absolute atomic E-state index is 0.166. The molecule has 1 N–H and O–H groups in total. The number of nitrogens with zero attached hydrogens (tertiary/aromatic N) is 1. The van der Waals surface area contributed by atoms with Crippen LogP contribution in [-0.4, -0.2) is 42.3 Å². The van der Waals surface area contributed by atoms with Crippen molar-refractivity contribution in [3.8, 4) is 0 Å². The number of hydrogen-bond acceptors (Lipinski definition) is 3. The van der Waals surface area contributed by atoms with Crippen molar-refractivity contribution in [3.05, 3.63) is 0 Å². The molecule has 0 aromatic rings. The van der Waals surface area contributed by atoms with E-state index < -0.39 is 5.60 Å². The Balaban J connectivity index is 2.72. The minimum atomic E-state index is -0.416. The average Bonchev–Trinajstić information content (AvgIpc) is 2.29. The highest BCUT2D eigenvalue weighted by molar-refractivity contribution is 5.68. The van der Waals surface area contributed by atoms with Crippen molar-refractivity contribution in [2.75, 3.05) is 13.6 Å². The minimum Gasteiger partial charge on any atom is -0.444 e. The number of piperidine rings is 1. The number of likely N-dealkylation sites (N-methyl/N-ethyl adjacent to an activating group) is 1. The van der Waals surface area contributed by atoms with E-state index >= 15 is 0 Å². The Morgan fingerprint density at radius 1 is 1.44 bits per heavy atom. The van der Waals surface area contributed by atoms with Crippen LogP contribution < -0.4 is 5.32 Å². The van der Waals surface area contributed by atoms with Crippen molar-refractivity contribution in [1.82, 2.24) is 10.2 Å². The van der Waals surface area contributed by atoms with Gasteiger partial charge in [-0.2, -0.15) is 0 Å². The standard InChI is InChI=1S/C14H28N2O2/c1-6-11(15-5)12-9-7-8-10-16(12)13(17)18-14(2,3)4/h11-12,15H,6-10H2,1-5H3/t11-,12+/m1/s1. The maximum absolute atomic E-state index is 12.2. The Morgan fingerprint density at radius 2 is 2.11 bits per heavy atom. The molecule has 1 rings (SSSR count). The predicted octanol–water partition coefficient (Wildman–Crippen LogP) is 2.77. The normalized spacial score (nSPS) is 22.7. The number of amides is 1. The summed E-state index contributed by atoms with van der Waals surface area (Å²) < 4.78 is 5.51. The molecule has 4 nitrogen and oxygen atoms in total. The lowest BCUT2D eigenvalue weighted by atomic mass is 9.94. The SMILES string of the molecule is CC[C@@H](NC)[C@@H]1CCCCN1C(=O)OC(C)(C)C. The zero-order valence-electron chi connectivity index (χ0n) is 12.5. The molecule has 0 aliphatic carbocycles. The van der Waals surface area contributed by atoms with Crippen LogP contribution in [-0.2, 0) is 4.74 Å². The van der Waals surface area contributed by atoms with Gasteiger partial charge in [0.15, 0.2) is 0 Å². The number of hydrogen-bond donors (Lipinski definition) is 1. The Bertz CT molecular complexity index is 269. The highest BCUT2D eigenvalue weighted by Gasteiger charge is 2.33. The first-order valence-corrected chi connectivity index (χ1v) is 7.06. The van der Waals surface area contributed by atoms with Crippen LogP contribution >= 0.6 is 0 Å². The largest absolute Gasteiger partial charge is 0.444 e. The van der Waals surface area contributed by atoms with Crippen LogP contribution in [0.3, 0.4) is 0 Å². The maximum Gasteiger partial charge on any atom is 0.410 e. The molecule has 0 radical (unpaired) electrons. The van der Waals surface area contributed by atoms with E-state index in [-0.39, 0.29) is 12.1 Å². The van der Waals surface area contributed by atoms with Gasteiger partial charge in [-0.15, -0.1) is 0 Å². The first-order chi connectivity index (χ1) is 8.39. The first kappa shape index (κ1) is 15.3. The monoisotopic (exact) mass is 256 g/mol. The highest BCUT2D eigenvalue weighted by Crippen LogP contribution is 2.23. The van der Waals surface area contributed by atoms with E-state index in [2.05, 4.69) is 12.2 Å². The van der Waals surface area contributed by atoms with E-state index in [0.717, 1.165) is 25.8 Å². The van der Waals surface area contributed by atoms with Gasteiger partial charge in [-0.3, -0.25) is 0 Å². The van der Waals surface area contributed by atoms with E-state index in [9.17, 15) is 4.79 Å². The Morgan fingerprint density at radius 3 is 2.61 bits per heavy atom. The molecule has 2 atom stereocenters. The third kappa shape index (κ3) is 4.16. The van der Waals surface area contributed by atoms with Gasteiger partial charge >= 0.3 is 6.09 Å². The Hall–Kier alpha value is -0.770. The summed E-state index contributed by atoms with van der Waals surface area (Å²) in [6, 6.07) is 0.626. The Kier molecular flexibility index (Phi) is 5.45. The predicted molar refractivity (Wildman–Crippen MR) is 73.7 cm³/mol. The molecule has 1 amide bonds. The van der Waals surface area contributed by atoms with Gasteiger partial charge in [-0.1, -0.05) is 6.92 Å². The van der Waals surface area contributed by atoms with Gasteiger partial charge < -0.3 is 15.0 Å². The second-order valence-electron chi connectivity index (χ2n) is 6.04. The zero-order chi connectivity index (χ0) is 13.8. The molecule has 0 bridgehead atoms. The summed E-state index contributed by atoms with van der Waals surface area (Å²) in [7, 11) is 1.97. The lowest BCUT2D eigenvalue weighted by molar-refractivity contribution is 0.00492. The second kappa shape index (κ2) is 6.41. The molecule has 0 aromatic heterocycles. The van der Waals surface area contributed by atoms with Crippen molar-refractivity contribution < 1.29 is 9.53 Å². The van der Waals surface area contributed by atoms with Crippen molar-refractivity contribution in [1.29, 1.82) is 0 Å². The lowest BCUT2D eigenvalue weighted by Gasteiger charge is -2.40. The molecule has 1 heterocycles. The molecule has 1 aliphatic rings. The van der Waals surface area contributed by atoms with Crippen LogP contribution in [0.15, 0.2) is 0 Å². The van der Waals surface area contributed by atoms with Gasteiger partial charge in [0.1, 0.15) is 5.60 Å². The van der Waals surface area contributed by atoms with Crippen LogP contribution in [0.4, 0.5) is 4.79 Å². The summed E-state index contributed by atoms with van der Waals surface area (Å²) in [5.74, 6) is 0. The quantitative estimate of drug-likeness (QED) is 0.844. The van der Waals surface area contributed by atoms with Gasteiger partial charge in [0.2, 0.25) is 0 Å².